The van der Waals surface area contributed by atoms with Crippen molar-refractivity contribution < 1.29 is 4.74 Å². The van der Waals surface area contributed by atoms with Gasteiger partial charge in [0.1, 0.15) is 5.01 Å². The first-order valence-electron chi connectivity index (χ1n) is 7.18. The molecule has 0 aromatic carbocycles. The fourth-order valence-corrected chi connectivity index (χ4v) is 3.31. The van der Waals surface area contributed by atoms with Gasteiger partial charge in [-0.2, -0.15) is 0 Å². The molecular weight excluding hydrogens is 272 g/mol. The number of aryl methyl sites for hydroxylation is 1. The van der Waals surface area contributed by atoms with Crippen LogP contribution >= 0.6 is 11.3 Å². The van der Waals surface area contributed by atoms with Crippen molar-refractivity contribution in [1.82, 2.24) is 10.3 Å². The summed E-state index contributed by atoms with van der Waals surface area (Å²) in [5.41, 5.74) is 7.04. The van der Waals surface area contributed by atoms with Crippen LogP contribution in [-0.4, -0.2) is 30.2 Å². The van der Waals surface area contributed by atoms with Crippen LogP contribution in [0.15, 0.2) is 4.99 Å². The van der Waals surface area contributed by atoms with Crippen LogP contribution in [0.4, 0.5) is 0 Å². The molecule has 1 aromatic heterocycles. The molecule has 1 saturated heterocycles. The van der Waals surface area contributed by atoms with Crippen molar-refractivity contribution in [3.63, 3.8) is 0 Å². The lowest BCUT2D eigenvalue weighted by molar-refractivity contribution is 0.114. The molecule has 1 aliphatic rings. The second-order valence-corrected chi connectivity index (χ2v) is 6.71. The summed E-state index contributed by atoms with van der Waals surface area (Å²) in [7, 11) is 0. The van der Waals surface area contributed by atoms with E-state index in [1.165, 1.54) is 10.6 Å². The quantitative estimate of drug-likeness (QED) is 0.645. The molecule has 1 fully saturated rings. The van der Waals surface area contributed by atoms with Gasteiger partial charge in [-0.3, -0.25) is 0 Å². The summed E-state index contributed by atoms with van der Waals surface area (Å²) in [5.74, 6) is 0.929. The van der Waals surface area contributed by atoms with Crippen LogP contribution in [0.3, 0.4) is 0 Å². The molecule has 112 valence electrons. The average Bonchev–Trinajstić information content (AvgIpc) is 3.03. The van der Waals surface area contributed by atoms with Crippen LogP contribution in [0.5, 0.6) is 0 Å². The molecular formula is C14H24N4OS. The first-order chi connectivity index (χ1) is 9.56. The second kappa shape index (κ2) is 7.04. The Kier molecular flexibility index (Phi) is 5.37. The number of nitrogens with two attached hydrogens (primary N) is 1. The topological polar surface area (TPSA) is 72.5 Å². The summed E-state index contributed by atoms with van der Waals surface area (Å²) in [5, 5.41) is 4.14. The highest BCUT2D eigenvalue weighted by molar-refractivity contribution is 7.11. The van der Waals surface area contributed by atoms with E-state index < -0.39 is 0 Å². The highest BCUT2D eigenvalue weighted by Crippen LogP contribution is 2.24. The van der Waals surface area contributed by atoms with Gasteiger partial charge in [0.05, 0.1) is 18.3 Å². The van der Waals surface area contributed by atoms with Gasteiger partial charge in [0.15, 0.2) is 5.96 Å². The van der Waals surface area contributed by atoms with Crippen molar-refractivity contribution in [3.8, 4) is 0 Å². The molecule has 0 spiro atoms. The van der Waals surface area contributed by atoms with Crippen LogP contribution in [0.1, 0.15) is 48.2 Å². The van der Waals surface area contributed by atoms with Gasteiger partial charge in [-0.1, -0.05) is 13.8 Å². The summed E-state index contributed by atoms with van der Waals surface area (Å²) < 4.78 is 5.53. The van der Waals surface area contributed by atoms with Gasteiger partial charge in [0, 0.05) is 18.0 Å². The number of hydrogen-bond acceptors (Lipinski definition) is 4. The molecule has 1 unspecified atom stereocenters. The predicted molar refractivity (Wildman–Crippen MR) is 83.2 cm³/mol. The third-order valence-corrected chi connectivity index (χ3v) is 4.31. The Labute approximate surface area is 124 Å². The molecule has 0 bridgehead atoms. The normalized spacial score (nSPS) is 19.8. The second-order valence-electron chi connectivity index (χ2n) is 5.42. The molecule has 0 amide bonds. The Morgan fingerprint density at radius 2 is 2.40 bits per heavy atom. The summed E-state index contributed by atoms with van der Waals surface area (Å²) in [6.07, 6.45) is 2.52. The summed E-state index contributed by atoms with van der Waals surface area (Å²) in [6, 6.07) is 0. The fraction of sp³-hybridized carbons (Fsp3) is 0.714. The highest BCUT2D eigenvalue weighted by Gasteiger charge is 2.15. The van der Waals surface area contributed by atoms with Crippen molar-refractivity contribution in [2.45, 2.75) is 52.2 Å². The van der Waals surface area contributed by atoms with Crippen molar-refractivity contribution >= 4 is 17.3 Å². The van der Waals surface area contributed by atoms with E-state index in [9.17, 15) is 0 Å². The Balaban J connectivity index is 1.83. The third-order valence-electron chi connectivity index (χ3n) is 3.34. The van der Waals surface area contributed by atoms with Gasteiger partial charge in [-0.25, -0.2) is 9.98 Å². The minimum atomic E-state index is 0.276. The zero-order valence-electron chi connectivity index (χ0n) is 12.5. The Morgan fingerprint density at radius 3 is 3.00 bits per heavy atom. The van der Waals surface area contributed by atoms with Gasteiger partial charge in [0.25, 0.3) is 0 Å². The minimum absolute atomic E-state index is 0.276. The van der Waals surface area contributed by atoms with Crippen LogP contribution in [0, 0.1) is 6.92 Å². The van der Waals surface area contributed by atoms with Gasteiger partial charge in [0.2, 0.25) is 0 Å². The maximum Gasteiger partial charge on any atom is 0.189 e. The molecule has 1 aromatic rings. The van der Waals surface area contributed by atoms with Crippen LogP contribution < -0.4 is 11.1 Å². The van der Waals surface area contributed by atoms with Gasteiger partial charge in [-0.05, 0) is 25.7 Å². The molecule has 2 rings (SSSR count). The van der Waals surface area contributed by atoms with Crippen LogP contribution in [-0.2, 0) is 11.3 Å². The largest absolute Gasteiger partial charge is 0.376 e. The molecule has 6 heteroatoms. The number of ether oxygens (including phenoxy) is 1. The van der Waals surface area contributed by atoms with E-state index >= 15 is 0 Å². The van der Waals surface area contributed by atoms with Gasteiger partial charge in [-0.15, -0.1) is 11.3 Å². The lowest BCUT2D eigenvalue weighted by atomic mass is 10.1. The summed E-state index contributed by atoms with van der Waals surface area (Å²) in [6.45, 7) is 8.57. The lowest BCUT2D eigenvalue weighted by Gasteiger charge is -2.10. The SMILES string of the molecule is Cc1sc(CN=C(N)NCC2CCCO2)nc1C(C)C. The van der Waals surface area contributed by atoms with Gasteiger partial charge >= 0.3 is 0 Å². The van der Waals surface area contributed by atoms with E-state index in [2.05, 4.69) is 36.1 Å². The molecule has 0 radical (unpaired) electrons. The molecule has 1 atom stereocenters. The molecule has 0 aliphatic carbocycles. The lowest BCUT2D eigenvalue weighted by Crippen LogP contribution is -2.37. The third kappa shape index (κ3) is 4.18. The molecule has 3 N–H and O–H groups in total. The Morgan fingerprint density at radius 1 is 1.60 bits per heavy atom. The first kappa shape index (κ1) is 15.3. The molecule has 20 heavy (non-hydrogen) atoms. The maximum absolute atomic E-state index is 5.86. The Bertz CT molecular complexity index is 464. The highest BCUT2D eigenvalue weighted by atomic mass is 32.1. The van der Waals surface area contributed by atoms with Crippen molar-refractivity contribution in [2.24, 2.45) is 10.7 Å². The minimum Gasteiger partial charge on any atom is -0.376 e. The number of nitrogens with one attached hydrogen (secondary N) is 1. The zero-order chi connectivity index (χ0) is 14.5. The van der Waals surface area contributed by atoms with Crippen molar-refractivity contribution in [3.05, 3.63) is 15.6 Å². The van der Waals surface area contributed by atoms with E-state index in [0.717, 1.165) is 31.0 Å². The van der Waals surface area contributed by atoms with Crippen molar-refractivity contribution in [1.29, 1.82) is 0 Å². The van der Waals surface area contributed by atoms with Crippen molar-refractivity contribution in [2.75, 3.05) is 13.2 Å². The number of thiazole rings is 1. The number of aliphatic imine (C=N–C) groups is 1. The van der Waals surface area contributed by atoms with E-state index in [4.69, 9.17) is 10.5 Å². The zero-order valence-corrected chi connectivity index (χ0v) is 13.3. The number of hydrogen-bond donors (Lipinski definition) is 2. The standard InChI is InChI=1S/C14H24N4OS/c1-9(2)13-10(3)20-12(18-13)8-17-14(15)16-7-11-5-4-6-19-11/h9,11H,4-8H2,1-3H3,(H3,15,16,17). The Hall–Kier alpha value is -1.14. The number of aromatic nitrogens is 1. The van der Waals surface area contributed by atoms with E-state index in [0.29, 0.717) is 18.4 Å². The van der Waals surface area contributed by atoms with Crippen LogP contribution in [0.25, 0.3) is 0 Å². The fourth-order valence-electron chi connectivity index (χ4n) is 2.30. The summed E-state index contributed by atoms with van der Waals surface area (Å²) in [4.78, 5) is 10.2. The number of nitrogens with zero attached hydrogens (tertiary/aromatic N) is 2. The van der Waals surface area contributed by atoms with Crippen LogP contribution in [0.2, 0.25) is 0 Å². The number of guanidine groups is 1. The molecule has 2 heterocycles. The van der Waals surface area contributed by atoms with E-state index in [-0.39, 0.29) is 6.10 Å². The molecule has 1 aliphatic heterocycles. The first-order valence-corrected chi connectivity index (χ1v) is 7.99. The van der Waals surface area contributed by atoms with E-state index in [1.54, 1.807) is 11.3 Å². The van der Waals surface area contributed by atoms with E-state index in [1.807, 2.05) is 0 Å². The predicted octanol–water partition coefficient (Wildman–Crippen LogP) is 2.16. The molecule has 5 nitrogen and oxygen atoms in total. The molecule has 0 saturated carbocycles. The smallest absolute Gasteiger partial charge is 0.189 e. The summed E-state index contributed by atoms with van der Waals surface area (Å²) >= 11 is 1.70. The maximum atomic E-state index is 5.86. The number of rotatable bonds is 5. The van der Waals surface area contributed by atoms with Gasteiger partial charge < -0.3 is 15.8 Å². The average molecular weight is 296 g/mol. The monoisotopic (exact) mass is 296 g/mol.